The van der Waals surface area contributed by atoms with E-state index >= 15 is 0 Å². The Labute approximate surface area is 262 Å². The second kappa shape index (κ2) is 14.2. The highest BCUT2D eigenvalue weighted by atomic mass is 127. The van der Waals surface area contributed by atoms with Gasteiger partial charge in [0.05, 0.1) is 18.9 Å². The van der Waals surface area contributed by atoms with E-state index in [1.807, 2.05) is 0 Å². The van der Waals surface area contributed by atoms with Gasteiger partial charge in [-0.2, -0.15) is 8.78 Å². The molecular weight excluding hydrogens is 734 g/mol. The van der Waals surface area contributed by atoms with Gasteiger partial charge < -0.3 is 15.4 Å². The van der Waals surface area contributed by atoms with Crippen LogP contribution in [0.4, 0.5) is 30.7 Å². The number of hydrogen-bond donors (Lipinski definition) is 2. The second-order valence-electron chi connectivity index (χ2n) is 9.29. The fourth-order valence-electron chi connectivity index (χ4n) is 3.69. The first-order chi connectivity index (χ1) is 21.2. The number of benzene rings is 1. The Kier molecular flexibility index (Phi) is 10.5. The summed E-state index contributed by atoms with van der Waals surface area (Å²) >= 11 is 0.960. The molecule has 3 heterocycles. The Morgan fingerprint density at radius 3 is 2.20 bits per heavy atom. The zero-order chi connectivity index (χ0) is 32.8. The van der Waals surface area contributed by atoms with Crippen molar-refractivity contribution in [2.45, 2.75) is 49.1 Å². The van der Waals surface area contributed by atoms with Gasteiger partial charge in [-0.05, 0) is 29.8 Å². The fraction of sp³-hybridized carbons (Fsp3) is 0.320. The van der Waals surface area contributed by atoms with E-state index in [4.69, 9.17) is 0 Å². The molecule has 4 rings (SSSR count). The number of nitrogens with one attached hydrogen (secondary N) is 2. The maximum Gasteiger partial charge on any atom is 0.573 e. The van der Waals surface area contributed by atoms with Crippen molar-refractivity contribution in [2.75, 3.05) is 0 Å². The summed E-state index contributed by atoms with van der Waals surface area (Å²) in [6.45, 7) is -0.760. The molecule has 4 aromatic rings. The molecule has 20 heteroatoms. The summed E-state index contributed by atoms with van der Waals surface area (Å²) in [5, 5.41) is 19.6. The molecule has 45 heavy (non-hydrogen) atoms. The Balaban J connectivity index is 1.21. The lowest BCUT2D eigenvalue weighted by Crippen LogP contribution is -2.24. The number of nitrogens with zero attached hydrogens (tertiary/aromatic N) is 7. The average Bonchev–Trinajstić information content (AvgIpc) is 3.64. The lowest BCUT2D eigenvalue weighted by molar-refractivity contribution is -0.274. The van der Waals surface area contributed by atoms with E-state index in [0.717, 1.165) is 57.7 Å². The van der Waals surface area contributed by atoms with Crippen molar-refractivity contribution in [3.8, 4) is 5.75 Å². The van der Waals surface area contributed by atoms with Crippen LogP contribution < -0.4 is 15.4 Å². The number of halogens is 8. The highest BCUT2D eigenvalue weighted by Gasteiger charge is 2.31. The van der Waals surface area contributed by atoms with Gasteiger partial charge in [-0.15, -0.1) is 23.4 Å². The SMILES string of the molecule is O=C(NCc1ccc(C(F)(F)I)nc1)c1cn(CCC(F)Cn2cc(C(=O)NCc3cc(OC(F)(F)F)ccc3F)nn2)nn1. The van der Waals surface area contributed by atoms with Gasteiger partial charge in [-0.1, -0.05) is 16.5 Å². The molecule has 0 saturated heterocycles. The van der Waals surface area contributed by atoms with Crippen LogP contribution in [0.15, 0.2) is 48.9 Å². The van der Waals surface area contributed by atoms with Gasteiger partial charge >= 0.3 is 10.3 Å². The van der Waals surface area contributed by atoms with Crippen LogP contribution in [0.25, 0.3) is 0 Å². The Bertz CT molecular complexity index is 1630. The molecule has 0 radical (unpaired) electrons. The van der Waals surface area contributed by atoms with Crippen LogP contribution in [-0.2, 0) is 30.1 Å². The molecule has 0 saturated carbocycles. The Morgan fingerprint density at radius 1 is 0.933 bits per heavy atom. The van der Waals surface area contributed by atoms with Crippen molar-refractivity contribution in [3.63, 3.8) is 0 Å². The van der Waals surface area contributed by atoms with E-state index in [-0.39, 0.29) is 43.0 Å². The van der Waals surface area contributed by atoms with Crippen LogP contribution in [0.3, 0.4) is 0 Å². The topological polar surface area (TPSA) is 142 Å². The third kappa shape index (κ3) is 10.1. The quantitative estimate of drug-likeness (QED) is 0.118. The molecule has 2 amide bonds. The molecule has 0 fully saturated rings. The Hall–Kier alpha value is -4.37. The number of pyridine rings is 1. The second-order valence-corrected chi connectivity index (χ2v) is 10.6. The third-order valence-electron chi connectivity index (χ3n) is 5.86. The van der Waals surface area contributed by atoms with E-state index in [2.05, 4.69) is 41.0 Å². The zero-order valence-corrected chi connectivity index (χ0v) is 24.8. The van der Waals surface area contributed by atoms with Crippen LogP contribution in [0.2, 0.25) is 0 Å². The number of aryl methyl sites for hydroxylation is 1. The molecule has 0 aliphatic carbocycles. The normalized spacial score (nSPS) is 12.5. The first kappa shape index (κ1) is 33.5. The lowest BCUT2D eigenvalue weighted by atomic mass is 10.2. The summed E-state index contributed by atoms with van der Waals surface area (Å²) in [6.07, 6.45) is -2.90. The van der Waals surface area contributed by atoms with Crippen LogP contribution in [0.1, 0.15) is 44.2 Å². The predicted octanol–water partition coefficient (Wildman–Crippen LogP) is 4.08. The highest BCUT2D eigenvalue weighted by Crippen LogP contribution is 2.33. The van der Waals surface area contributed by atoms with Gasteiger partial charge in [-0.25, -0.2) is 13.5 Å². The number of alkyl halides is 7. The molecular formula is C25H21F7IN9O3. The summed E-state index contributed by atoms with van der Waals surface area (Å²) in [6, 6.07) is 4.89. The number of carbonyl (C=O) groups excluding carboxylic acids is 2. The molecule has 0 aliphatic rings. The monoisotopic (exact) mass is 755 g/mol. The van der Waals surface area contributed by atoms with E-state index < -0.39 is 52.1 Å². The van der Waals surface area contributed by atoms with Crippen molar-refractivity contribution in [1.29, 1.82) is 0 Å². The van der Waals surface area contributed by atoms with E-state index in [1.54, 1.807) is 0 Å². The third-order valence-corrected chi connectivity index (χ3v) is 6.41. The van der Waals surface area contributed by atoms with Crippen molar-refractivity contribution >= 4 is 34.4 Å². The molecule has 1 atom stereocenters. The van der Waals surface area contributed by atoms with Crippen molar-refractivity contribution in [3.05, 3.63) is 82.9 Å². The van der Waals surface area contributed by atoms with Gasteiger partial charge in [0.25, 0.3) is 11.8 Å². The number of carbonyl (C=O) groups is 2. The van der Waals surface area contributed by atoms with Gasteiger partial charge in [-0.3, -0.25) is 19.3 Å². The molecule has 3 aromatic heterocycles. The first-order valence-electron chi connectivity index (χ1n) is 12.7. The minimum absolute atomic E-state index is 0.00272. The summed E-state index contributed by atoms with van der Waals surface area (Å²) < 4.78 is 95.2. The van der Waals surface area contributed by atoms with Gasteiger partial charge in [0.15, 0.2) is 11.4 Å². The zero-order valence-electron chi connectivity index (χ0n) is 22.6. The summed E-state index contributed by atoms with van der Waals surface area (Å²) in [5.41, 5.74) is -0.510. The summed E-state index contributed by atoms with van der Waals surface area (Å²) in [5.74, 6) is -2.97. The molecule has 2 N–H and O–H groups in total. The van der Waals surface area contributed by atoms with Crippen molar-refractivity contribution in [2.24, 2.45) is 0 Å². The molecule has 1 unspecified atom stereocenters. The maximum absolute atomic E-state index is 14.6. The first-order valence-corrected chi connectivity index (χ1v) is 13.8. The number of rotatable bonds is 13. The number of aromatic nitrogens is 7. The summed E-state index contributed by atoms with van der Waals surface area (Å²) in [7, 11) is 0. The minimum atomic E-state index is -4.98. The molecule has 0 bridgehead atoms. The number of ether oxygens (including phenoxy) is 1. The number of amides is 2. The van der Waals surface area contributed by atoms with Crippen LogP contribution >= 0.6 is 22.6 Å². The fourth-order valence-corrected chi connectivity index (χ4v) is 4.01. The van der Waals surface area contributed by atoms with Crippen molar-refractivity contribution < 1.29 is 45.1 Å². The molecule has 12 nitrogen and oxygen atoms in total. The smallest absolute Gasteiger partial charge is 0.406 e. The summed E-state index contributed by atoms with van der Waals surface area (Å²) in [4.78, 5) is 28.4. The average molecular weight is 755 g/mol. The van der Waals surface area contributed by atoms with Gasteiger partial charge in [0.1, 0.15) is 23.4 Å². The minimum Gasteiger partial charge on any atom is -0.406 e. The van der Waals surface area contributed by atoms with Gasteiger partial charge in [0, 0.05) is 60.4 Å². The molecule has 240 valence electrons. The lowest BCUT2D eigenvalue weighted by Gasteiger charge is -2.11. The van der Waals surface area contributed by atoms with E-state index in [9.17, 15) is 40.3 Å². The molecule has 0 aliphatic heterocycles. The molecule has 1 aromatic carbocycles. The van der Waals surface area contributed by atoms with Crippen LogP contribution in [-0.4, -0.2) is 59.3 Å². The number of hydrogen-bond acceptors (Lipinski definition) is 8. The van der Waals surface area contributed by atoms with Crippen LogP contribution in [0.5, 0.6) is 5.75 Å². The highest BCUT2D eigenvalue weighted by molar-refractivity contribution is 14.1. The van der Waals surface area contributed by atoms with E-state index in [1.165, 1.54) is 23.1 Å². The van der Waals surface area contributed by atoms with Crippen molar-refractivity contribution in [1.82, 2.24) is 45.6 Å². The standard InChI is InChI=1S/C25H21F7IN9O3/c26-16(5-6-41-12-19(37-39-41)22(43)35-9-14-1-4-21(34-8-14)24(28,29)33)11-42-13-20(38-40-42)23(44)36-10-15-7-17(2-3-18(15)27)45-25(30,31)32/h1-4,7-8,12-13,16H,5-6,9-11H2,(H,35,43)(H,36,44). The van der Waals surface area contributed by atoms with E-state index in [0.29, 0.717) is 5.56 Å². The van der Waals surface area contributed by atoms with Gasteiger partial charge in [0.2, 0.25) is 0 Å². The Morgan fingerprint density at radius 2 is 1.58 bits per heavy atom. The maximum atomic E-state index is 14.6. The predicted molar refractivity (Wildman–Crippen MR) is 147 cm³/mol. The molecule has 0 spiro atoms. The van der Waals surface area contributed by atoms with Crippen LogP contribution in [0, 0.1) is 5.82 Å². The largest absolute Gasteiger partial charge is 0.573 e.